The first kappa shape index (κ1) is 17.1. The molecule has 4 nitrogen and oxygen atoms in total. The molecule has 0 aromatic heterocycles. The number of likely N-dealkylation sites (tertiary alicyclic amines) is 1. The molecule has 4 heteroatoms. The third-order valence-electron chi connectivity index (χ3n) is 5.57. The predicted molar refractivity (Wildman–Crippen MR) is 103 cm³/mol. The number of benzene rings is 2. The Balaban J connectivity index is 1.65. The van der Waals surface area contributed by atoms with Crippen LogP contribution in [0.5, 0.6) is 5.75 Å². The first-order valence-electron chi connectivity index (χ1n) is 9.57. The van der Waals surface area contributed by atoms with Gasteiger partial charge < -0.3 is 4.74 Å². The van der Waals surface area contributed by atoms with Crippen molar-refractivity contribution in [2.24, 2.45) is 0 Å². The number of amides is 1. The molecular weight excluding hydrogens is 324 g/mol. The predicted octanol–water partition coefficient (Wildman–Crippen LogP) is 4.03. The third kappa shape index (κ3) is 3.34. The smallest absolute Gasteiger partial charge is 0.241 e. The molecule has 0 radical (unpaired) electrons. The highest BCUT2D eigenvalue weighted by molar-refractivity contribution is 5.97. The van der Waals surface area contributed by atoms with E-state index in [0.29, 0.717) is 19.2 Å². The largest absolute Gasteiger partial charge is 0.489 e. The van der Waals surface area contributed by atoms with Crippen LogP contribution in [0.3, 0.4) is 0 Å². The number of hydrogen-bond acceptors (Lipinski definition) is 3. The molecule has 0 spiro atoms. The lowest BCUT2D eigenvalue weighted by Gasteiger charge is -2.40. The van der Waals surface area contributed by atoms with Crippen LogP contribution in [0.2, 0.25) is 0 Å². The molecule has 136 valence electrons. The molecule has 0 saturated carbocycles. The molecule has 2 aliphatic rings. The maximum absolute atomic E-state index is 13.4. The zero-order valence-electron chi connectivity index (χ0n) is 15.3. The van der Waals surface area contributed by atoms with E-state index in [2.05, 4.69) is 24.0 Å². The Morgan fingerprint density at radius 3 is 2.65 bits per heavy atom. The second-order valence-electron chi connectivity index (χ2n) is 7.28. The van der Waals surface area contributed by atoms with Crippen molar-refractivity contribution in [3.63, 3.8) is 0 Å². The molecule has 2 heterocycles. The Morgan fingerprint density at radius 1 is 1.08 bits per heavy atom. The molecule has 1 saturated heterocycles. The summed E-state index contributed by atoms with van der Waals surface area (Å²) >= 11 is 0. The van der Waals surface area contributed by atoms with Crippen LogP contribution in [-0.2, 0) is 4.79 Å². The number of carbonyl (C=O) groups is 1. The molecule has 1 fully saturated rings. The molecular formula is C22H26N2O2. The minimum atomic E-state index is -0.0845. The first-order valence-corrected chi connectivity index (χ1v) is 9.57. The molecule has 2 aromatic rings. The lowest BCUT2D eigenvalue weighted by molar-refractivity contribution is -0.121. The average Bonchev–Trinajstić information content (AvgIpc) is 2.69. The number of piperidine rings is 1. The fourth-order valence-electron chi connectivity index (χ4n) is 4.06. The first-order chi connectivity index (χ1) is 12.7. The van der Waals surface area contributed by atoms with E-state index in [0.717, 1.165) is 23.5 Å². The number of hydrogen-bond donors (Lipinski definition) is 0. The van der Waals surface area contributed by atoms with Crippen molar-refractivity contribution in [1.29, 1.82) is 0 Å². The van der Waals surface area contributed by atoms with Crippen molar-refractivity contribution in [3.05, 3.63) is 60.2 Å². The minimum Gasteiger partial charge on any atom is -0.489 e. The summed E-state index contributed by atoms with van der Waals surface area (Å²) in [7, 11) is 0. The van der Waals surface area contributed by atoms with E-state index in [1.54, 1.807) is 0 Å². The highest BCUT2D eigenvalue weighted by Crippen LogP contribution is 2.39. The van der Waals surface area contributed by atoms with Crippen molar-refractivity contribution >= 4 is 11.6 Å². The standard InChI is InChI=1S/C22H26N2O2/c1-17-9-7-8-14-23(17)15-22(25)24-19-12-5-6-13-21(19)26-16-20(24)18-10-3-2-4-11-18/h2-6,10-13,17,20H,7-9,14-16H2,1H3/t17-,20-/m0/s1. The van der Waals surface area contributed by atoms with Crippen LogP contribution < -0.4 is 9.64 Å². The number of carbonyl (C=O) groups excluding carboxylic acids is 1. The quantitative estimate of drug-likeness (QED) is 0.838. The molecule has 0 aliphatic carbocycles. The summed E-state index contributed by atoms with van der Waals surface area (Å²) in [5.41, 5.74) is 1.99. The van der Waals surface area contributed by atoms with Crippen LogP contribution in [0.1, 0.15) is 37.8 Å². The number of ether oxygens (including phenoxy) is 1. The van der Waals surface area contributed by atoms with Gasteiger partial charge in [-0.15, -0.1) is 0 Å². The zero-order chi connectivity index (χ0) is 17.9. The minimum absolute atomic E-state index is 0.0845. The molecule has 2 atom stereocenters. The number of fused-ring (bicyclic) bond motifs is 1. The van der Waals surface area contributed by atoms with E-state index < -0.39 is 0 Å². The Kier molecular flexibility index (Phi) is 4.93. The van der Waals surface area contributed by atoms with Gasteiger partial charge in [-0.25, -0.2) is 0 Å². The summed E-state index contributed by atoms with van der Waals surface area (Å²) < 4.78 is 5.97. The molecule has 1 amide bonds. The molecule has 26 heavy (non-hydrogen) atoms. The van der Waals surface area contributed by atoms with Crippen LogP contribution in [0.15, 0.2) is 54.6 Å². The van der Waals surface area contributed by atoms with Crippen molar-refractivity contribution in [1.82, 2.24) is 4.90 Å². The summed E-state index contributed by atoms with van der Waals surface area (Å²) in [4.78, 5) is 17.7. The van der Waals surface area contributed by atoms with E-state index in [4.69, 9.17) is 4.74 Å². The van der Waals surface area contributed by atoms with E-state index in [9.17, 15) is 4.79 Å². The maximum Gasteiger partial charge on any atom is 0.241 e. The molecule has 0 N–H and O–H groups in total. The van der Waals surface area contributed by atoms with Crippen molar-refractivity contribution in [3.8, 4) is 5.75 Å². The summed E-state index contributed by atoms with van der Waals surface area (Å²) in [5, 5.41) is 0. The lowest BCUT2D eigenvalue weighted by Crippen LogP contribution is -2.49. The van der Waals surface area contributed by atoms with Crippen molar-refractivity contribution in [2.75, 3.05) is 24.6 Å². The molecule has 2 aliphatic heterocycles. The van der Waals surface area contributed by atoms with Gasteiger partial charge in [-0.2, -0.15) is 0 Å². The van der Waals surface area contributed by atoms with Gasteiger partial charge in [0.25, 0.3) is 0 Å². The zero-order valence-corrected chi connectivity index (χ0v) is 15.3. The average molecular weight is 350 g/mol. The summed E-state index contributed by atoms with van der Waals surface area (Å²) in [6.45, 7) is 4.20. The van der Waals surface area contributed by atoms with Crippen LogP contribution in [0, 0.1) is 0 Å². The molecule has 0 unspecified atom stereocenters. The van der Waals surface area contributed by atoms with Gasteiger partial charge in [-0.1, -0.05) is 48.9 Å². The number of para-hydroxylation sites is 2. The van der Waals surface area contributed by atoms with Gasteiger partial charge in [-0.05, 0) is 44.0 Å². The summed E-state index contributed by atoms with van der Waals surface area (Å²) in [6.07, 6.45) is 3.62. The van der Waals surface area contributed by atoms with Gasteiger partial charge in [-0.3, -0.25) is 14.6 Å². The van der Waals surface area contributed by atoms with Gasteiger partial charge in [0.1, 0.15) is 12.4 Å². The summed E-state index contributed by atoms with van der Waals surface area (Å²) in [5.74, 6) is 0.947. The second kappa shape index (κ2) is 7.50. The normalized spacial score (nSPS) is 23.2. The maximum atomic E-state index is 13.4. The van der Waals surface area contributed by atoms with Crippen LogP contribution >= 0.6 is 0 Å². The van der Waals surface area contributed by atoms with Crippen LogP contribution in [0.4, 0.5) is 5.69 Å². The van der Waals surface area contributed by atoms with E-state index in [-0.39, 0.29) is 11.9 Å². The van der Waals surface area contributed by atoms with Gasteiger partial charge >= 0.3 is 0 Å². The van der Waals surface area contributed by atoms with E-state index in [1.807, 2.05) is 47.4 Å². The van der Waals surface area contributed by atoms with Crippen LogP contribution in [0.25, 0.3) is 0 Å². The Hall–Kier alpha value is -2.33. The highest BCUT2D eigenvalue weighted by Gasteiger charge is 2.34. The summed E-state index contributed by atoms with van der Waals surface area (Å²) in [6, 6.07) is 18.4. The van der Waals surface area contributed by atoms with Gasteiger partial charge in [0.2, 0.25) is 5.91 Å². The van der Waals surface area contributed by atoms with Gasteiger partial charge in [0.15, 0.2) is 0 Å². The second-order valence-corrected chi connectivity index (χ2v) is 7.28. The fourth-order valence-corrected chi connectivity index (χ4v) is 4.06. The Bertz CT molecular complexity index is 762. The Labute approximate surface area is 155 Å². The van der Waals surface area contributed by atoms with E-state index in [1.165, 1.54) is 19.3 Å². The topological polar surface area (TPSA) is 32.8 Å². The fraction of sp³-hybridized carbons (Fsp3) is 0.409. The van der Waals surface area contributed by atoms with E-state index >= 15 is 0 Å². The lowest BCUT2D eigenvalue weighted by atomic mass is 10.0. The molecule has 2 aromatic carbocycles. The van der Waals surface area contributed by atoms with Crippen LogP contribution in [-0.4, -0.2) is 36.5 Å². The highest BCUT2D eigenvalue weighted by atomic mass is 16.5. The SMILES string of the molecule is C[C@H]1CCCCN1CC(=O)N1c2ccccc2OC[C@H]1c1ccccc1. The van der Waals surface area contributed by atoms with Crippen molar-refractivity contribution in [2.45, 2.75) is 38.3 Å². The Morgan fingerprint density at radius 2 is 1.85 bits per heavy atom. The number of rotatable bonds is 3. The number of nitrogens with zero attached hydrogens (tertiary/aromatic N) is 2. The number of anilines is 1. The van der Waals surface area contributed by atoms with Gasteiger partial charge in [0, 0.05) is 6.04 Å². The van der Waals surface area contributed by atoms with Gasteiger partial charge in [0.05, 0.1) is 18.3 Å². The molecule has 4 rings (SSSR count). The monoisotopic (exact) mass is 350 g/mol. The third-order valence-corrected chi connectivity index (χ3v) is 5.57. The van der Waals surface area contributed by atoms with Crippen molar-refractivity contribution < 1.29 is 9.53 Å². The molecule has 0 bridgehead atoms.